The molecule has 1 aliphatic carbocycles. The minimum atomic E-state index is -0.535. The summed E-state index contributed by atoms with van der Waals surface area (Å²) in [5, 5.41) is 3.36. The van der Waals surface area contributed by atoms with Gasteiger partial charge in [0.05, 0.1) is 6.10 Å². The van der Waals surface area contributed by atoms with Gasteiger partial charge in [0.15, 0.2) is 0 Å². The van der Waals surface area contributed by atoms with Crippen LogP contribution in [0.15, 0.2) is 18.2 Å². The molecule has 0 spiro atoms. The quantitative estimate of drug-likeness (QED) is 0.822. The van der Waals surface area contributed by atoms with E-state index in [2.05, 4.69) is 5.32 Å². The summed E-state index contributed by atoms with van der Waals surface area (Å²) >= 11 is 0. The van der Waals surface area contributed by atoms with Crippen LogP contribution < -0.4 is 5.32 Å². The van der Waals surface area contributed by atoms with Crippen molar-refractivity contribution < 1.29 is 13.5 Å². The molecule has 106 valence electrons. The van der Waals surface area contributed by atoms with Gasteiger partial charge in [-0.15, -0.1) is 0 Å². The maximum atomic E-state index is 13.7. The van der Waals surface area contributed by atoms with E-state index in [1.54, 1.807) is 7.11 Å². The largest absolute Gasteiger partial charge is 0.380 e. The summed E-state index contributed by atoms with van der Waals surface area (Å²) in [4.78, 5) is 0. The van der Waals surface area contributed by atoms with Gasteiger partial charge in [-0.3, -0.25) is 0 Å². The predicted molar refractivity (Wildman–Crippen MR) is 71.0 cm³/mol. The van der Waals surface area contributed by atoms with Gasteiger partial charge in [-0.05, 0) is 43.4 Å². The number of nitrogens with one attached hydrogen (secondary N) is 1. The monoisotopic (exact) mass is 269 g/mol. The van der Waals surface area contributed by atoms with E-state index in [1.165, 1.54) is 25.0 Å². The van der Waals surface area contributed by atoms with Gasteiger partial charge >= 0.3 is 0 Å². The fraction of sp³-hybridized carbons (Fsp3) is 0.600. The normalized spacial score (nSPS) is 18.3. The lowest BCUT2D eigenvalue weighted by atomic mass is 9.97. The molecule has 0 aliphatic heterocycles. The molecule has 19 heavy (non-hydrogen) atoms. The minimum absolute atomic E-state index is 0.0717. The van der Waals surface area contributed by atoms with E-state index in [1.807, 2.05) is 6.92 Å². The zero-order valence-electron chi connectivity index (χ0n) is 11.5. The highest BCUT2D eigenvalue weighted by atomic mass is 19.1. The molecule has 1 saturated carbocycles. The van der Waals surface area contributed by atoms with Crippen molar-refractivity contribution in [3.63, 3.8) is 0 Å². The summed E-state index contributed by atoms with van der Waals surface area (Å²) in [6.07, 6.45) is 2.97. The summed E-state index contributed by atoms with van der Waals surface area (Å²) in [5.41, 5.74) is 0.537. The average molecular weight is 269 g/mol. The maximum Gasteiger partial charge on any atom is 0.129 e. The van der Waals surface area contributed by atoms with Gasteiger partial charge < -0.3 is 10.1 Å². The van der Waals surface area contributed by atoms with Crippen molar-refractivity contribution in [2.45, 2.75) is 38.3 Å². The van der Waals surface area contributed by atoms with Gasteiger partial charge in [-0.2, -0.15) is 0 Å². The summed E-state index contributed by atoms with van der Waals surface area (Å²) in [6, 6.07) is 3.84. The van der Waals surface area contributed by atoms with E-state index in [-0.39, 0.29) is 12.1 Å². The first-order chi connectivity index (χ1) is 9.15. The van der Waals surface area contributed by atoms with Crippen LogP contribution >= 0.6 is 0 Å². The SMILES string of the molecule is CCNC(Cc1ccc(F)cc1F)C(OC)C1CC1. The highest BCUT2D eigenvalue weighted by Gasteiger charge is 2.36. The molecule has 1 aromatic carbocycles. The first-order valence-corrected chi connectivity index (χ1v) is 6.85. The van der Waals surface area contributed by atoms with E-state index in [0.717, 1.165) is 12.6 Å². The Bertz CT molecular complexity index is 421. The van der Waals surface area contributed by atoms with Crippen LogP contribution in [0.5, 0.6) is 0 Å². The number of hydrogen-bond donors (Lipinski definition) is 1. The van der Waals surface area contributed by atoms with E-state index in [9.17, 15) is 8.78 Å². The Kier molecular flexibility index (Phi) is 4.88. The lowest BCUT2D eigenvalue weighted by Gasteiger charge is -2.27. The molecule has 1 aliphatic rings. The standard InChI is InChI=1S/C15H21F2NO/c1-3-18-14(15(19-2)10-4-5-10)8-11-6-7-12(16)9-13(11)17/h6-7,9-10,14-15,18H,3-5,8H2,1-2H3. The molecule has 2 atom stereocenters. The molecule has 4 heteroatoms. The van der Waals surface area contributed by atoms with Gasteiger partial charge in [-0.25, -0.2) is 8.78 Å². The second-order valence-electron chi connectivity index (χ2n) is 5.14. The fourth-order valence-corrected chi connectivity index (χ4v) is 2.60. The highest BCUT2D eigenvalue weighted by molar-refractivity contribution is 5.20. The van der Waals surface area contributed by atoms with E-state index in [0.29, 0.717) is 17.9 Å². The molecule has 2 nitrogen and oxygen atoms in total. The highest BCUT2D eigenvalue weighted by Crippen LogP contribution is 2.36. The number of halogens is 2. The molecular formula is C15H21F2NO. The van der Waals surface area contributed by atoms with Crippen molar-refractivity contribution in [3.05, 3.63) is 35.4 Å². The van der Waals surface area contributed by atoms with E-state index < -0.39 is 11.6 Å². The molecule has 1 aromatic rings. The first-order valence-electron chi connectivity index (χ1n) is 6.85. The zero-order valence-corrected chi connectivity index (χ0v) is 11.5. The summed E-state index contributed by atoms with van der Waals surface area (Å²) in [5.74, 6) is -0.446. The van der Waals surface area contributed by atoms with Crippen molar-refractivity contribution in [1.29, 1.82) is 0 Å². The zero-order chi connectivity index (χ0) is 13.8. The second kappa shape index (κ2) is 6.44. The van der Waals surface area contributed by atoms with Crippen LogP contribution in [0.2, 0.25) is 0 Å². The lowest BCUT2D eigenvalue weighted by Crippen LogP contribution is -2.44. The third-order valence-electron chi connectivity index (χ3n) is 3.68. The molecule has 0 bridgehead atoms. The molecule has 2 rings (SSSR count). The molecule has 1 fully saturated rings. The Hall–Kier alpha value is -1.00. The Morgan fingerprint density at radius 2 is 2.11 bits per heavy atom. The van der Waals surface area contributed by atoms with Crippen molar-refractivity contribution in [2.24, 2.45) is 5.92 Å². The van der Waals surface area contributed by atoms with Gasteiger partial charge in [0.25, 0.3) is 0 Å². The van der Waals surface area contributed by atoms with E-state index >= 15 is 0 Å². The third-order valence-corrected chi connectivity index (χ3v) is 3.68. The van der Waals surface area contributed by atoms with Crippen LogP contribution in [0.25, 0.3) is 0 Å². The van der Waals surface area contributed by atoms with Crippen molar-refractivity contribution in [2.75, 3.05) is 13.7 Å². The van der Waals surface area contributed by atoms with Gasteiger partial charge in [0.1, 0.15) is 11.6 Å². The van der Waals surface area contributed by atoms with Crippen molar-refractivity contribution in [1.82, 2.24) is 5.32 Å². The van der Waals surface area contributed by atoms with Crippen LogP contribution in [0.3, 0.4) is 0 Å². The number of methoxy groups -OCH3 is 1. The van der Waals surface area contributed by atoms with Crippen molar-refractivity contribution >= 4 is 0 Å². The van der Waals surface area contributed by atoms with Gasteiger partial charge in [-0.1, -0.05) is 13.0 Å². The molecule has 0 saturated heterocycles. The van der Waals surface area contributed by atoms with Crippen LogP contribution in [-0.4, -0.2) is 25.8 Å². The molecule has 0 amide bonds. The topological polar surface area (TPSA) is 21.3 Å². The Labute approximate surface area is 113 Å². The fourth-order valence-electron chi connectivity index (χ4n) is 2.60. The molecule has 2 unspecified atom stereocenters. The molecule has 0 heterocycles. The van der Waals surface area contributed by atoms with E-state index in [4.69, 9.17) is 4.74 Å². The van der Waals surface area contributed by atoms with Gasteiger partial charge in [0, 0.05) is 19.2 Å². The average Bonchev–Trinajstić information content (AvgIpc) is 3.18. The lowest BCUT2D eigenvalue weighted by molar-refractivity contribution is 0.0513. The molecule has 0 aromatic heterocycles. The predicted octanol–water partition coefficient (Wildman–Crippen LogP) is 2.91. The number of hydrogen-bond acceptors (Lipinski definition) is 2. The van der Waals surface area contributed by atoms with Crippen LogP contribution in [0.4, 0.5) is 8.78 Å². The number of benzene rings is 1. The second-order valence-corrected chi connectivity index (χ2v) is 5.14. The maximum absolute atomic E-state index is 13.7. The number of likely N-dealkylation sites (N-methyl/N-ethyl adjacent to an activating group) is 1. The van der Waals surface area contributed by atoms with Crippen molar-refractivity contribution in [3.8, 4) is 0 Å². The Morgan fingerprint density at radius 1 is 1.37 bits per heavy atom. The van der Waals surface area contributed by atoms with Crippen LogP contribution in [-0.2, 0) is 11.2 Å². The van der Waals surface area contributed by atoms with Crippen LogP contribution in [0, 0.1) is 17.6 Å². The van der Waals surface area contributed by atoms with Gasteiger partial charge in [0.2, 0.25) is 0 Å². The summed E-state index contributed by atoms with van der Waals surface area (Å²) in [7, 11) is 1.70. The number of rotatable bonds is 7. The third kappa shape index (κ3) is 3.74. The molecule has 0 radical (unpaired) electrons. The molecular weight excluding hydrogens is 248 g/mol. The summed E-state index contributed by atoms with van der Waals surface area (Å²) in [6.45, 7) is 2.83. The summed E-state index contributed by atoms with van der Waals surface area (Å²) < 4.78 is 32.2. The number of ether oxygens (including phenoxy) is 1. The Balaban J connectivity index is 2.10. The van der Waals surface area contributed by atoms with Crippen LogP contribution in [0.1, 0.15) is 25.3 Å². The smallest absolute Gasteiger partial charge is 0.129 e. The Morgan fingerprint density at radius 3 is 2.63 bits per heavy atom. The minimum Gasteiger partial charge on any atom is -0.380 e. The molecule has 1 N–H and O–H groups in total. The first kappa shape index (κ1) is 14.4.